The molecule has 0 spiro atoms. The maximum Gasteiger partial charge on any atom is 0.314 e. The van der Waals surface area contributed by atoms with E-state index in [-0.39, 0.29) is 11.9 Å². The molecule has 0 saturated carbocycles. The van der Waals surface area contributed by atoms with Crippen molar-refractivity contribution in [3.63, 3.8) is 0 Å². The molecule has 2 rings (SSSR count). The smallest absolute Gasteiger partial charge is 0.314 e. The number of nitrogens with one attached hydrogen (secondary N) is 1. The lowest BCUT2D eigenvalue weighted by molar-refractivity contribution is 0.112. The fraction of sp³-hybridized carbons (Fsp3) is 0.333. The van der Waals surface area contributed by atoms with E-state index < -0.39 is 12.3 Å². The first-order valence-electron chi connectivity index (χ1n) is 5.62. The van der Waals surface area contributed by atoms with Crippen molar-refractivity contribution < 1.29 is 13.2 Å². The average Bonchev–Trinajstić information content (AvgIpc) is 2.86. The van der Waals surface area contributed by atoms with Crippen LogP contribution in [0.4, 0.5) is 8.78 Å². The highest BCUT2D eigenvalue weighted by molar-refractivity contribution is 5.23. The quantitative estimate of drug-likeness (QED) is 0.890. The van der Waals surface area contributed by atoms with Crippen molar-refractivity contribution in [3.8, 4) is 0 Å². The maximum atomic E-state index is 12.4. The average molecular weight is 253 g/mol. The normalized spacial score (nSPS) is 12.9. The molecule has 4 nitrogen and oxygen atoms in total. The van der Waals surface area contributed by atoms with Crippen LogP contribution in [-0.4, -0.2) is 16.7 Å². The van der Waals surface area contributed by atoms with Crippen LogP contribution in [0.3, 0.4) is 0 Å². The van der Waals surface area contributed by atoms with Gasteiger partial charge in [-0.15, -0.1) is 10.2 Å². The lowest BCUT2D eigenvalue weighted by atomic mass is 10.1. The number of aromatic nitrogens is 2. The van der Waals surface area contributed by atoms with Gasteiger partial charge >= 0.3 is 6.43 Å². The van der Waals surface area contributed by atoms with Gasteiger partial charge in [-0.2, -0.15) is 8.78 Å². The molecule has 0 amide bonds. The topological polar surface area (TPSA) is 51.0 Å². The molecule has 0 aliphatic carbocycles. The Kier molecular flexibility index (Phi) is 3.99. The van der Waals surface area contributed by atoms with Gasteiger partial charge in [-0.05, 0) is 12.1 Å². The summed E-state index contributed by atoms with van der Waals surface area (Å²) in [5, 5.41) is 10.1. The highest BCUT2D eigenvalue weighted by Gasteiger charge is 2.22. The van der Waals surface area contributed by atoms with E-state index in [2.05, 4.69) is 15.5 Å². The number of benzene rings is 1. The Bertz CT molecular complexity index is 487. The third-order valence-electron chi connectivity index (χ3n) is 2.43. The van der Waals surface area contributed by atoms with Crippen LogP contribution >= 0.6 is 0 Å². The van der Waals surface area contributed by atoms with E-state index >= 15 is 0 Å². The molecule has 1 aromatic carbocycles. The molecule has 0 radical (unpaired) electrons. The lowest BCUT2D eigenvalue weighted by Gasteiger charge is -2.13. The maximum absolute atomic E-state index is 12.4. The molecule has 1 N–H and O–H groups in total. The van der Waals surface area contributed by atoms with Crippen LogP contribution in [0.15, 0.2) is 34.7 Å². The van der Waals surface area contributed by atoms with Crippen molar-refractivity contribution in [2.24, 2.45) is 0 Å². The van der Waals surface area contributed by atoms with E-state index in [0.29, 0.717) is 6.54 Å². The van der Waals surface area contributed by atoms with Gasteiger partial charge in [0.15, 0.2) is 0 Å². The third-order valence-corrected chi connectivity index (χ3v) is 2.43. The first-order chi connectivity index (χ1) is 8.72. The summed E-state index contributed by atoms with van der Waals surface area (Å²) < 4.78 is 29.8. The molecule has 1 aromatic heterocycles. The second-order valence-electron chi connectivity index (χ2n) is 3.68. The second-order valence-corrected chi connectivity index (χ2v) is 3.68. The molecule has 0 bridgehead atoms. The summed E-state index contributed by atoms with van der Waals surface area (Å²) >= 11 is 0. The number of alkyl halides is 2. The molecule has 0 aliphatic rings. The third kappa shape index (κ3) is 2.70. The molecule has 1 unspecified atom stereocenters. The summed E-state index contributed by atoms with van der Waals surface area (Å²) in [5.41, 5.74) is 0.892. The second kappa shape index (κ2) is 5.68. The molecule has 2 aromatic rings. The molecule has 6 heteroatoms. The highest BCUT2D eigenvalue weighted by Crippen LogP contribution is 2.24. The summed E-state index contributed by atoms with van der Waals surface area (Å²) in [6, 6.07) is 8.99. The Morgan fingerprint density at radius 1 is 1.17 bits per heavy atom. The molecular weight excluding hydrogens is 240 g/mol. The zero-order valence-corrected chi connectivity index (χ0v) is 9.81. The fourth-order valence-electron chi connectivity index (χ4n) is 1.65. The molecule has 0 fully saturated rings. The van der Waals surface area contributed by atoms with Crippen molar-refractivity contribution in [1.82, 2.24) is 15.5 Å². The molecule has 0 saturated heterocycles. The van der Waals surface area contributed by atoms with Gasteiger partial charge in [0.25, 0.3) is 5.89 Å². The number of hydrogen-bond donors (Lipinski definition) is 1. The molecule has 96 valence electrons. The van der Waals surface area contributed by atoms with Crippen molar-refractivity contribution in [2.75, 3.05) is 6.54 Å². The zero-order valence-electron chi connectivity index (χ0n) is 9.81. The molecule has 1 atom stereocenters. The standard InChI is InChI=1S/C12H13F2N3O/c1-2-15-9(8-6-4-3-5-7-8)11-16-17-12(18-11)10(13)14/h3-7,9-10,15H,2H2,1H3. The zero-order chi connectivity index (χ0) is 13.0. The number of hydrogen-bond acceptors (Lipinski definition) is 4. The largest absolute Gasteiger partial charge is 0.418 e. The first kappa shape index (κ1) is 12.6. The lowest BCUT2D eigenvalue weighted by Crippen LogP contribution is -2.22. The van der Waals surface area contributed by atoms with E-state index in [4.69, 9.17) is 4.42 Å². The van der Waals surface area contributed by atoms with E-state index in [9.17, 15) is 8.78 Å². The van der Waals surface area contributed by atoms with Gasteiger partial charge in [0.05, 0.1) is 0 Å². The molecule has 0 aliphatic heterocycles. The number of nitrogens with zero attached hydrogens (tertiary/aromatic N) is 2. The van der Waals surface area contributed by atoms with E-state index in [0.717, 1.165) is 5.56 Å². The Morgan fingerprint density at radius 2 is 1.83 bits per heavy atom. The van der Waals surface area contributed by atoms with Crippen molar-refractivity contribution in [2.45, 2.75) is 19.4 Å². The highest BCUT2D eigenvalue weighted by atomic mass is 19.3. The van der Waals surface area contributed by atoms with Crippen LogP contribution in [0.5, 0.6) is 0 Å². The summed E-state index contributed by atoms with van der Waals surface area (Å²) in [5.74, 6) is -0.498. The molecule has 18 heavy (non-hydrogen) atoms. The fourth-order valence-corrected chi connectivity index (χ4v) is 1.65. The summed E-state index contributed by atoms with van der Waals surface area (Å²) in [7, 11) is 0. The predicted octanol–water partition coefficient (Wildman–Crippen LogP) is 2.71. The van der Waals surface area contributed by atoms with E-state index in [1.54, 1.807) is 0 Å². The molecular formula is C12H13F2N3O. The monoisotopic (exact) mass is 253 g/mol. The van der Waals surface area contributed by atoms with Gasteiger partial charge in [-0.1, -0.05) is 37.3 Å². The van der Waals surface area contributed by atoms with E-state index in [1.807, 2.05) is 37.3 Å². The van der Waals surface area contributed by atoms with Gasteiger partial charge in [-0.3, -0.25) is 0 Å². The number of rotatable bonds is 5. The predicted molar refractivity (Wildman–Crippen MR) is 61.2 cm³/mol. The van der Waals surface area contributed by atoms with Crippen molar-refractivity contribution in [3.05, 3.63) is 47.7 Å². The van der Waals surface area contributed by atoms with Crippen LogP contribution in [0.1, 0.15) is 36.7 Å². The summed E-state index contributed by atoms with van der Waals surface area (Å²) in [4.78, 5) is 0. The first-order valence-corrected chi connectivity index (χ1v) is 5.62. The van der Waals surface area contributed by atoms with Gasteiger partial charge in [0.2, 0.25) is 5.89 Å². The van der Waals surface area contributed by atoms with Crippen LogP contribution in [0.25, 0.3) is 0 Å². The van der Waals surface area contributed by atoms with Crippen molar-refractivity contribution >= 4 is 0 Å². The SMILES string of the molecule is CCNC(c1ccccc1)c1nnc(C(F)F)o1. The van der Waals surface area contributed by atoms with Gasteiger partial charge in [-0.25, -0.2) is 0 Å². The Morgan fingerprint density at radius 3 is 2.39 bits per heavy atom. The van der Waals surface area contributed by atoms with Gasteiger partial charge in [0, 0.05) is 0 Å². The Hall–Kier alpha value is -1.82. The summed E-state index contributed by atoms with van der Waals surface area (Å²) in [6.45, 7) is 2.58. The Balaban J connectivity index is 2.29. The Labute approximate surface area is 103 Å². The van der Waals surface area contributed by atoms with Gasteiger partial charge < -0.3 is 9.73 Å². The minimum atomic E-state index is -2.75. The molecule has 1 heterocycles. The minimum Gasteiger partial charge on any atom is -0.418 e. The minimum absolute atomic E-state index is 0.151. The van der Waals surface area contributed by atoms with Crippen LogP contribution < -0.4 is 5.32 Å². The van der Waals surface area contributed by atoms with Gasteiger partial charge in [0.1, 0.15) is 6.04 Å². The summed E-state index contributed by atoms with van der Waals surface area (Å²) in [6.07, 6.45) is -2.75. The van der Waals surface area contributed by atoms with Crippen LogP contribution in [0, 0.1) is 0 Å². The van der Waals surface area contributed by atoms with Crippen molar-refractivity contribution in [1.29, 1.82) is 0 Å². The van der Waals surface area contributed by atoms with Crippen LogP contribution in [0.2, 0.25) is 0 Å². The van der Waals surface area contributed by atoms with Crippen LogP contribution in [-0.2, 0) is 0 Å². The number of halogens is 2. The van der Waals surface area contributed by atoms with E-state index in [1.165, 1.54) is 0 Å².